The molecule has 0 radical (unpaired) electrons. The molecular formula is C23H27F4N7O4. The van der Waals surface area contributed by atoms with Crippen molar-refractivity contribution in [2.24, 2.45) is 7.05 Å². The predicted molar refractivity (Wildman–Crippen MR) is 130 cm³/mol. The van der Waals surface area contributed by atoms with Gasteiger partial charge in [-0.2, -0.15) is 13.2 Å². The van der Waals surface area contributed by atoms with Crippen molar-refractivity contribution in [3.63, 3.8) is 0 Å². The largest absolute Gasteiger partial charge is 0.474 e. The lowest BCUT2D eigenvalue weighted by atomic mass is 10.0. The summed E-state index contributed by atoms with van der Waals surface area (Å²) in [5.74, 6) is 0.343. The second kappa shape index (κ2) is 10.8. The number of piperidine rings is 1. The standard InChI is InChI=1S/C23H27F4N7O4/c1-32-11-13(23(25,26)27)8-17(21(32)35)29-22(36)33(2)18-4-5-34(12-16(18)24)14-9-15-19(28-10-14)30-31-20(15)38-7-6-37-3/h8-11,16,18H,4-7,12H2,1-3H3,(H,29,36)(H,28,30,31)/t16-,18+/m0/s1. The summed E-state index contributed by atoms with van der Waals surface area (Å²) in [6, 6.07) is 0.595. The Balaban J connectivity index is 1.44. The molecule has 1 aliphatic heterocycles. The Morgan fingerprint density at radius 3 is 2.76 bits per heavy atom. The zero-order valence-electron chi connectivity index (χ0n) is 20.9. The molecular weight excluding hydrogens is 514 g/mol. The molecule has 15 heteroatoms. The number of hydrogen-bond acceptors (Lipinski definition) is 7. The summed E-state index contributed by atoms with van der Waals surface area (Å²) >= 11 is 0. The monoisotopic (exact) mass is 541 g/mol. The number of carbonyl (C=O) groups excluding carboxylic acids is 1. The minimum Gasteiger partial charge on any atom is -0.474 e. The van der Waals surface area contributed by atoms with Crippen molar-refractivity contribution in [3.05, 3.63) is 40.4 Å². The molecule has 0 aromatic carbocycles. The maximum Gasteiger partial charge on any atom is 0.417 e. The second-order valence-electron chi connectivity index (χ2n) is 8.88. The van der Waals surface area contributed by atoms with Crippen molar-refractivity contribution in [2.45, 2.75) is 24.8 Å². The average Bonchev–Trinajstić information content (AvgIpc) is 3.28. The molecule has 206 valence electrons. The summed E-state index contributed by atoms with van der Waals surface area (Å²) in [4.78, 5) is 32.2. The van der Waals surface area contributed by atoms with Gasteiger partial charge in [0.25, 0.3) is 5.56 Å². The third-order valence-corrected chi connectivity index (χ3v) is 6.34. The molecule has 0 spiro atoms. The van der Waals surface area contributed by atoms with Crippen LogP contribution in [0.5, 0.6) is 5.88 Å². The molecule has 4 heterocycles. The van der Waals surface area contributed by atoms with Gasteiger partial charge in [-0.15, -0.1) is 5.10 Å². The topological polar surface area (TPSA) is 118 Å². The van der Waals surface area contributed by atoms with Crippen LogP contribution in [-0.4, -0.2) is 83.4 Å². The quantitative estimate of drug-likeness (QED) is 0.349. The van der Waals surface area contributed by atoms with Crippen molar-refractivity contribution in [1.82, 2.24) is 24.6 Å². The SMILES string of the molecule is COCCOc1n[nH]c2ncc(N3CC[C@@H](N(C)C(=O)Nc4cc(C(F)(F)F)cn(C)c4=O)[C@@H](F)C3)cc12. The van der Waals surface area contributed by atoms with Crippen LogP contribution in [0, 0.1) is 0 Å². The Morgan fingerprint density at radius 2 is 2.08 bits per heavy atom. The number of fused-ring (bicyclic) bond motifs is 1. The van der Waals surface area contributed by atoms with Crippen molar-refractivity contribution >= 4 is 28.4 Å². The molecule has 11 nitrogen and oxygen atoms in total. The van der Waals surface area contributed by atoms with E-state index in [0.29, 0.717) is 54.6 Å². The van der Waals surface area contributed by atoms with E-state index in [0.717, 1.165) is 16.5 Å². The first-order chi connectivity index (χ1) is 18.0. The third kappa shape index (κ3) is 5.66. The molecule has 3 aromatic rings. The lowest BCUT2D eigenvalue weighted by molar-refractivity contribution is -0.138. The van der Waals surface area contributed by atoms with Crippen molar-refractivity contribution < 1.29 is 31.8 Å². The van der Waals surface area contributed by atoms with Gasteiger partial charge in [0.15, 0.2) is 5.65 Å². The summed E-state index contributed by atoms with van der Waals surface area (Å²) in [5.41, 5.74) is -1.32. The van der Waals surface area contributed by atoms with Crippen LogP contribution in [0.2, 0.25) is 0 Å². The molecule has 2 amide bonds. The van der Waals surface area contributed by atoms with E-state index in [4.69, 9.17) is 9.47 Å². The Kier molecular flexibility index (Phi) is 7.76. The number of nitrogens with one attached hydrogen (secondary N) is 2. The number of methoxy groups -OCH3 is 1. The molecule has 0 bridgehead atoms. The van der Waals surface area contributed by atoms with Gasteiger partial charge >= 0.3 is 12.2 Å². The van der Waals surface area contributed by atoms with Crippen molar-refractivity contribution in [3.8, 4) is 5.88 Å². The fourth-order valence-electron chi connectivity index (χ4n) is 4.25. The van der Waals surface area contributed by atoms with Crippen LogP contribution < -0.4 is 20.5 Å². The highest BCUT2D eigenvalue weighted by Gasteiger charge is 2.36. The maximum absolute atomic E-state index is 15.3. The second-order valence-corrected chi connectivity index (χ2v) is 8.88. The van der Waals surface area contributed by atoms with Gasteiger partial charge < -0.3 is 29.2 Å². The maximum atomic E-state index is 15.3. The zero-order chi connectivity index (χ0) is 27.6. The molecule has 38 heavy (non-hydrogen) atoms. The lowest BCUT2D eigenvalue weighted by Gasteiger charge is -2.39. The zero-order valence-corrected chi connectivity index (χ0v) is 20.9. The molecule has 1 aliphatic rings. The number of aryl methyl sites for hydroxylation is 1. The van der Waals surface area contributed by atoms with Gasteiger partial charge in [0, 0.05) is 33.9 Å². The molecule has 0 unspecified atom stereocenters. The van der Waals surface area contributed by atoms with E-state index in [9.17, 15) is 22.8 Å². The molecule has 4 rings (SSSR count). The number of hydrogen-bond donors (Lipinski definition) is 2. The van der Waals surface area contributed by atoms with Gasteiger partial charge in [-0.05, 0) is 18.6 Å². The number of pyridine rings is 2. The third-order valence-electron chi connectivity index (χ3n) is 6.34. The predicted octanol–water partition coefficient (Wildman–Crippen LogP) is 2.78. The number of halogens is 4. The number of urea groups is 1. The number of H-pyrrole nitrogens is 1. The highest BCUT2D eigenvalue weighted by Crippen LogP contribution is 2.31. The van der Waals surface area contributed by atoms with Gasteiger partial charge in [0.2, 0.25) is 5.88 Å². The van der Waals surface area contributed by atoms with Gasteiger partial charge in [0.1, 0.15) is 18.5 Å². The van der Waals surface area contributed by atoms with Crippen LogP contribution in [0.1, 0.15) is 12.0 Å². The van der Waals surface area contributed by atoms with Gasteiger partial charge in [-0.3, -0.25) is 9.89 Å². The highest BCUT2D eigenvalue weighted by molar-refractivity contribution is 5.89. The average molecular weight is 542 g/mol. The summed E-state index contributed by atoms with van der Waals surface area (Å²) in [6.07, 6.45) is -3.75. The number of ether oxygens (including phenoxy) is 2. The van der Waals surface area contributed by atoms with Crippen LogP contribution in [0.15, 0.2) is 29.3 Å². The van der Waals surface area contributed by atoms with Crippen LogP contribution in [0.25, 0.3) is 11.0 Å². The number of aromatic nitrogens is 4. The van der Waals surface area contributed by atoms with Crippen LogP contribution in [-0.2, 0) is 18.0 Å². The Hall–Kier alpha value is -3.88. The first kappa shape index (κ1) is 27.2. The lowest BCUT2D eigenvalue weighted by Crippen LogP contribution is -2.54. The van der Waals surface area contributed by atoms with E-state index in [-0.39, 0.29) is 13.0 Å². The van der Waals surface area contributed by atoms with E-state index in [2.05, 4.69) is 20.5 Å². The van der Waals surface area contributed by atoms with E-state index in [1.807, 2.05) is 0 Å². The summed E-state index contributed by atoms with van der Waals surface area (Å²) in [6.45, 7) is 0.985. The number of carbonyl (C=O) groups is 1. The van der Waals surface area contributed by atoms with E-state index < -0.39 is 41.2 Å². The number of rotatable bonds is 7. The normalized spacial score (nSPS) is 18.0. The smallest absolute Gasteiger partial charge is 0.417 e. The van der Waals surface area contributed by atoms with Crippen LogP contribution in [0.3, 0.4) is 0 Å². The molecule has 2 N–H and O–H groups in total. The first-order valence-corrected chi connectivity index (χ1v) is 11.7. The summed E-state index contributed by atoms with van der Waals surface area (Å²) < 4.78 is 66.0. The van der Waals surface area contributed by atoms with E-state index in [1.165, 1.54) is 7.05 Å². The minimum absolute atomic E-state index is 0.0570. The number of aromatic amines is 1. The van der Waals surface area contributed by atoms with Crippen LogP contribution in [0.4, 0.5) is 33.7 Å². The fraction of sp³-hybridized carbons (Fsp3) is 0.478. The van der Waals surface area contributed by atoms with E-state index >= 15 is 4.39 Å². The minimum atomic E-state index is -4.71. The number of amides is 2. The highest BCUT2D eigenvalue weighted by atomic mass is 19.4. The Morgan fingerprint density at radius 1 is 1.32 bits per heavy atom. The van der Waals surface area contributed by atoms with Crippen molar-refractivity contribution in [2.75, 3.05) is 50.7 Å². The van der Waals surface area contributed by atoms with E-state index in [1.54, 1.807) is 24.3 Å². The first-order valence-electron chi connectivity index (χ1n) is 11.7. The number of alkyl halides is 4. The van der Waals surface area contributed by atoms with Crippen LogP contribution >= 0.6 is 0 Å². The molecule has 0 aliphatic carbocycles. The number of anilines is 2. The molecule has 1 saturated heterocycles. The van der Waals surface area contributed by atoms with Crippen molar-refractivity contribution in [1.29, 1.82) is 0 Å². The summed E-state index contributed by atoms with van der Waals surface area (Å²) in [5, 5.41) is 9.68. The molecule has 2 atom stereocenters. The Bertz CT molecular complexity index is 1360. The van der Waals surface area contributed by atoms with Gasteiger partial charge in [0.05, 0.1) is 42.0 Å². The van der Waals surface area contributed by atoms with Gasteiger partial charge in [-0.1, -0.05) is 0 Å². The van der Waals surface area contributed by atoms with Gasteiger partial charge in [-0.25, -0.2) is 14.2 Å². The summed E-state index contributed by atoms with van der Waals surface area (Å²) in [7, 11) is 4.04. The fourth-order valence-corrected chi connectivity index (χ4v) is 4.25. The molecule has 3 aromatic heterocycles. The number of nitrogens with zero attached hydrogens (tertiary/aromatic N) is 5. The Labute approximate surface area is 214 Å². The molecule has 0 saturated carbocycles. The molecule has 1 fully saturated rings.